The van der Waals surface area contributed by atoms with Gasteiger partial charge in [-0.05, 0) is 37.0 Å². The summed E-state index contributed by atoms with van der Waals surface area (Å²) in [6, 6.07) is 13.8. The van der Waals surface area contributed by atoms with Crippen molar-refractivity contribution in [3.8, 4) is 0 Å². The number of methoxy groups -OCH3 is 1. The number of nitro benzene ring substituents is 1. The van der Waals surface area contributed by atoms with E-state index < -0.39 is 27.1 Å². The van der Waals surface area contributed by atoms with Crippen LogP contribution in [0.2, 0.25) is 0 Å². The van der Waals surface area contributed by atoms with Crippen molar-refractivity contribution in [2.24, 2.45) is 0 Å². The van der Waals surface area contributed by atoms with Crippen molar-refractivity contribution < 1.29 is 27.1 Å². The van der Waals surface area contributed by atoms with Crippen molar-refractivity contribution in [1.82, 2.24) is 0 Å². The predicted octanol–water partition coefficient (Wildman–Crippen LogP) is 2.86. The normalized spacial score (nSPS) is 12.3. The molecule has 0 saturated carbocycles. The largest absolute Gasteiger partial charge is 0.467 e. The Morgan fingerprint density at radius 2 is 1.74 bits per heavy atom. The molecule has 9 heteroatoms. The number of nitrogens with zero attached hydrogens (tertiary/aromatic N) is 1. The lowest BCUT2D eigenvalue weighted by molar-refractivity contribution is -0.384. The number of benzene rings is 2. The van der Waals surface area contributed by atoms with E-state index in [1.54, 1.807) is 0 Å². The van der Waals surface area contributed by atoms with Crippen LogP contribution in [0.1, 0.15) is 18.4 Å². The number of non-ortho nitro benzene ring substituents is 1. The molecule has 1 atom stereocenters. The summed E-state index contributed by atoms with van der Waals surface area (Å²) in [5, 5.41) is 10.7. The van der Waals surface area contributed by atoms with Gasteiger partial charge >= 0.3 is 5.97 Å². The molecule has 144 valence electrons. The molecule has 0 saturated heterocycles. The number of rotatable bonds is 9. The average Bonchev–Trinajstić information content (AvgIpc) is 2.67. The molecule has 27 heavy (non-hydrogen) atoms. The molecular weight excluding hydrogens is 374 g/mol. The van der Waals surface area contributed by atoms with Gasteiger partial charge in [0, 0.05) is 12.1 Å². The second kappa shape index (κ2) is 9.24. The molecule has 0 amide bonds. The second-order valence-electron chi connectivity index (χ2n) is 5.69. The molecule has 0 fully saturated rings. The van der Waals surface area contributed by atoms with Gasteiger partial charge in [0.05, 0.1) is 16.9 Å². The third-order valence-corrected chi connectivity index (χ3v) is 5.15. The van der Waals surface area contributed by atoms with Gasteiger partial charge in [-0.15, -0.1) is 0 Å². The van der Waals surface area contributed by atoms with E-state index in [9.17, 15) is 23.3 Å². The summed E-state index contributed by atoms with van der Waals surface area (Å²) in [5.41, 5.74) is 0.806. The average molecular weight is 393 g/mol. The SMILES string of the molecule is COC(=O)[C@@H](CCCc1ccccc1)OS(=O)(=O)c1ccc([N+](=O)[O-])cc1. The molecule has 0 aliphatic rings. The van der Waals surface area contributed by atoms with E-state index in [4.69, 9.17) is 4.18 Å². The minimum absolute atomic E-state index is 0.147. The Labute approximate surface area is 157 Å². The van der Waals surface area contributed by atoms with Crippen LogP contribution in [0, 0.1) is 10.1 Å². The molecule has 0 aromatic heterocycles. The molecule has 8 nitrogen and oxygen atoms in total. The minimum atomic E-state index is -4.28. The molecule has 0 heterocycles. The monoisotopic (exact) mass is 393 g/mol. The van der Waals surface area contributed by atoms with Crippen LogP contribution in [0.4, 0.5) is 5.69 Å². The van der Waals surface area contributed by atoms with Gasteiger partial charge in [-0.25, -0.2) is 4.79 Å². The standard InChI is InChI=1S/C18H19NO7S/c1-25-18(20)17(9-5-8-14-6-3-2-4-7-14)26-27(23,24)16-12-10-15(11-13-16)19(21)22/h2-4,6-7,10-13,17H,5,8-9H2,1H3/t17-/m1/s1. The Morgan fingerprint density at radius 1 is 1.11 bits per heavy atom. The Morgan fingerprint density at radius 3 is 2.30 bits per heavy atom. The molecule has 2 aromatic rings. The first-order valence-electron chi connectivity index (χ1n) is 8.13. The second-order valence-corrected chi connectivity index (χ2v) is 7.26. The van der Waals surface area contributed by atoms with Crippen LogP contribution in [0.25, 0.3) is 0 Å². The van der Waals surface area contributed by atoms with Crippen molar-refractivity contribution in [3.05, 3.63) is 70.3 Å². The highest BCUT2D eigenvalue weighted by atomic mass is 32.2. The fourth-order valence-electron chi connectivity index (χ4n) is 2.42. The van der Waals surface area contributed by atoms with Gasteiger partial charge in [0.15, 0.2) is 6.10 Å². The molecule has 0 aliphatic carbocycles. The first-order chi connectivity index (χ1) is 12.8. The number of ether oxygens (including phenoxy) is 1. The number of hydrogen-bond acceptors (Lipinski definition) is 7. The molecule has 0 N–H and O–H groups in total. The summed E-state index contributed by atoms with van der Waals surface area (Å²) < 4.78 is 34.4. The molecular formula is C18H19NO7S. The zero-order chi connectivity index (χ0) is 19.9. The van der Waals surface area contributed by atoms with Gasteiger partial charge < -0.3 is 4.74 Å². The summed E-state index contributed by atoms with van der Waals surface area (Å²) in [6.45, 7) is 0. The highest BCUT2D eigenvalue weighted by Crippen LogP contribution is 2.21. The molecule has 0 aliphatic heterocycles. The summed E-state index contributed by atoms with van der Waals surface area (Å²) >= 11 is 0. The highest BCUT2D eigenvalue weighted by Gasteiger charge is 2.28. The summed E-state index contributed by atoms with van der Waals surface area (Å²) in [5.74, 6) is -0.798. The summed E-state index contributed by atoms with van der Waals surface area (Å²) in [4.78, 5) is 21.7. The van der Waals surface area contributed by atoms with E-state index >= 15 is 0 Å². The van der Waals surface area contributed by atoms with E-state index in [0.717, 1.165) is 36.9 Å². The molecule has 0 unspecified atom stereocenters. The Hall–Kier alpha value is -2.78. The minimum Gasteiger partial charge on any atom is -0.467 e. The van der Waals surface area contributed by atoms with Gasteiger partial charge in [-0.2, -0.15) is 8.42 Å². The molecule has 2 aromatic carbocycles. The van der Waals surface area contributed by atoms with Gasteiger partial charge in [0.1, 0.15) is 0 Å². The number of carbonyl (C=O) groups excluding carboxylic acids is 1. The van der Waals surface area contributed by atoms with Crippen molar-refractivity contribution in [2.75, 3.05) is 7.11 Å². The lowest BCUT2D eigenvalue weighted by Crippen LogP contribution is -2.28. The Bertz CT molecular complexity index is 880. The quantitative estimate of drug-likeness (QED) is 0.279. The lowest BCUT2D eigenvalue weighted by Gasteiger charge is -2.15. The molecule has 2 rings (SSSR count). The number of aryl methyl sites for hydroxylation is 1. The zero-order valence-corrected chi connectivity index (χ0v) is 15.4. The Kier molecular flexibility index (Phi) is 7.03. The lowest BCUT2D eigenvalue weighted by atomic mass is 10.1. The molecule has 0 radical (unpaired) electrons. The van der Waals surface area contributed by atoms with Crippen LogP contribution < -0.4 is 0 Å². The van der Waals surface area contributed by atoms with E-state index in [-0.39, 0.29) is 17.0 Å². The van der Waals surface area contributed by atoms with E-state index in [1.807, 2.05) is 30.3 Å². The number of hydrogen-bond donors (Lipinski definition) is 0. The van der Waals surface area contributed by atoms with Crippen molar-refractivity contribution in [1.29, 1.82) is 0 Å². The van der Waals surface area contributed by atoms with Crippen LogP contribution in [0.5, 0.6) is 0 Å². The van der Waals surface area contributed by atoms with Gasteiger partial charge in [-0.1, -0.05) is 30.3 Å². The van der Waals surface area contributed by atoms with E-state index in [1.165, 1.54) is 0 Å². The first-order valence-corrected chi connectivity index (χ1v) is 9.54. The number of esters is 1. The maximum absolute atomic E-state index is 12.4. The van der Waals surface area contributed by atoms with E-state index in [2.05, 4.69) is 4.74 Å². The summed E-state index contributed by atoms with van der Waals surface area (Å²) in [7, 11) is -3.13. The van der Waals surface area contributed by atoms with Crippen LogP contribution >= 0.6 is 0 Å². The Balaban J connectivity index is 2.07. The number of carbonyl (C=O) groups is 1. The highest BCUT2D eigenvalue weighted by molar-refractivity contribution is 7.86. The van der Waals surface area contributed by atoms with Crippen molar-refractivity contribution in [2.45, 2.75) is 30.3 Å². The number of nitro groups is 1. The smallest absolute Gasteiger partial charge is 0.336 e. The van der Waals surface area contributed by atoms with Crippen molar-refractivity contribution in [3.63, 3.8) is 0 Å². The maximum Gasteiger partial charge on any atom is 0.336 e. The van der Waals surface area contributed by atoms with Crippen LogP contribution in [-0.4, -0.2) is 32.5 Å². The van der Waals surface area contributed by atoms with Crippen LogP contribution in [0.3, 0.4) is 0 Å². The fraction of sp³-hybridized carbons (Fsp3) is 0.278. The molecule has 0 spiro atoms. The van der Waals surface area contributed by atoms with Crippen molar-refractivity contribution >= 4 is 21.8 Å². The summed E-state index contributed by atoms with van der Waals surface area (Å²) in [6.07, 6.45) is 0.0155. The van der Waals surface area contributed by atoms with Crippen LogP contribution in [0.15, 0.2) is 59.5 Å². The third kappa shape index (κ3) is 5.87. The first kappa shape index (κ1) is 20.5. The van der Waals surface area contributed by atoms with Gasteiger partial charge in [-0.3, -0.25) is 14.3 Å². The topological polar surface area (TPSA) is 113 Å². The zero-order valence-electron chi connectivity index (χ0n) is 14.6. The van der Waals surface area contributed by atoms with E-state index in [0.29, 0.717) is 12.8 Å². The predicted molar refractivity (Wildman–Crippen MR) is 96.6 cm³/mol. The van der Waals surface area contributed by atoms with Gasteiger partial charge in [0.25, 0.3) is 15.8 Å². The molecule has 0 bridgehead atoms. The van der Waals surface area contributed by atoms with Crippen LogP contribution in [-0.2, 0) is 30.3 Å². The third-order valence-electron chi connectivity index (χ3n) is 3.82. The fourth-order valence-corrected chi connectivity index (χ4v) is 3.48. The van der Waals surface area contributed by atoms with Gasteiger partial charge in [0.2, 0.25) is 0 Å². The maximum atomic E-state index is 12.4.